The predicted molar refractivity (Wildman–Crippen MR) is 73.2 cm³/mol. The van der Waals surface area contributed by atoms with Crippen LogP contribution in [0.25, 0.3) is 0 Å². The quantitative estimate of drug-likeness (QED) is 0.793. The van der Waals surface area contributed by atoms with Gasteiger partial charge in [0.15, 0.2) is 0 Å². The molecule has 0 saturated heterocycles. The highest BCUT2D eigenvalue weighted by molar-refractivity contribution is 7.89. The maximum atomic E-state index is 12.3. The van der Waals surface area contributed by atoms with Crippen LogP contribution in [-0.4, -0.2) is 32.1 Å². The molecule has 0 radical (unpaired) electrons. The molecular weight excluding hydrogens is 282 g/mol. The van der Waals surface area contributed by atoms with Crippen molar-refractivity contribution in [3.63, 3.8) is 0 Å². The molecule has 0 heterocycles. The molecule has 0 saturated carbocycles. The van der Waals surface area contributed by atoms with Crippen LogP contribution >= 0.6 is 0 Å². The fourth-order valence-corrected chi connectivity index (χ4v) is 2.98. The van der Waals surface area contributed by atoms with Gasteiger partial charge >= 0.3 is 5.97 Å². The zero-order valence-electron chi connectivity index (χ0n) is 11.3. The van der Waals surface area contributed by atoms with E-state index in [1.807, 2.05) is 0 Å². The van der Waals surface area contributed by atoms with Crippen molar-refractivity contribution in [2.75, 3.05) is 7.11 Å². The van der Waals surface area contributed by atoms with Crippen molar-refractivity contribution in [1.29, 1.82) is 0 Å². The summed E-state index contributed by atoms with van der Waals surface area (Å²) in [5.74, 6) is 1.10. The number of carboxylic acid groups (broad SMARTS) is 1. The minimum Gasteiger partial charge on any atom is -0.495 e. The summed E-state index contributed by atoms with van der Waals surface area (Å²) in [6.07, 6.45) is 5.24. The molecule has 0 aliphatic carbocycles. The van der Waals surface area contributed by atoms with Crippen LogP contribution in [0.1, 0.15) is 24.2 Å². The molecule has 0 aliphatic rings. The van der Waals surface area contributed by atoms with Gasteiger partial charge in [0, 0.05) is 0 Å². The van der Waals surface area contributed by atoms with Crippen LogP contribution in [0.2, 0.25) is 0 Å². The summed E-state index contributed by atoms with van der Waals surface area (Å²) in [5, 5.41) is 8.93. The largest absolute Gasteiger partial charge is 0.495 e. The van der Waals surface area contributed by atoms with Crippen molar-refractivity contribution in [1.82, 2.24) is 4.72 Å². The van der Waals surface area contributed by atoms with Gasteiger partial charge in [-0.2, -0.15) is 4.72 Å². The predicted octanol–water partition coefficient (Wildman–Crippen LogP) is 1.08. The van der Waals surface area contributed by atoms with Crippen molar-refractivity contribution >= 4 is 16.0 Å². The van der Waals surface area contributed by atoms with Gasteiger partial charge in [-0.25, -0.2) is 13.2 Å². The molecule has 0 aromatic heterocycles. The molecule has 0 bridgehead atoms. The van der Waals surface area contributed by atoms with Crippen LogP contribution < -0.4 is 9.46 Å². The van der Waals surface area contributed by atoms with Gasteiger partial charge in [0.1, 0.15) is 10.6 Å². The third-order valence-corrected chi connectivity index (χ3v) is 4.13. The molecule has 2 N–H and O–H groups in total. The summed E-state index contributed by atoms with van der Waals surface area (Å²) in [7, 11) is -2.72. The number of terminal acetylenes is 1. The van der Waals surface area contributed by atoms with E-state index in [1.54, 1.807) is 0 Å². The van der Waals surface area contributed by atoms with Crippen LogP contribution in [0.5, 0.6) is 5.75 Å². The summed E-state index contributed by atoms with van der Waals surface area (Å²) >= 11 is 0. The number of rotatable bonds is 5. The van der Waals surface area contributed by atoms with Crippen molar-refractivity contribution in [2.24, 2.45) is 0 Å². The smallest absolute Gasteiger partial charge is 0.335 e. The van der Waals surface area contributed by atoms with Gasteiger partial charge in [-0.1, -0.05) is 5.92 Å². The average Bonchev–Trinajstić information content (AvgIpc) is 2.36. The van der Waals surface area contributed by atoms with Gasteiger partial charge in [0.2, 0.25) is 10.0 Å². The Balaban J connectivity index is 3.40. The molecule has 0 fully saturated rings. The molecule has 0 amide bonds. The second kappa shape index (κ2) is 5.53. The molecule has 0 aliphatic heterocycles. The van der Waals surface area contributed by atoms with Gasteiger partial charge in [-0.15, -0.1) is 6.42 Å². The summed E-state index contributed by atoms with van der Waals surface area (Å²) in [5.41, 5.74) is -1.27. The minimum absolute atomic E-state index is 0.0373. The van der Waals surface area contributed by atoms with E-state index >= 15 is 0 Å². The maximum Gasteiger partial charge on any atom is 0.335 e. The molecule has 0 unspecified atom stereocenters. The summed E-state index contributed by atoms with van der Waals surface area (Å²) in [6.45, 7) is 3.02. The standard InChI is InChI=1S/C13H15NO5S/c1-5-13(2,3)14-20(17,18)11-8-9(12(15)16)6-7-10(11)19-4/h1,6-8,14H,2-4H3,(H,15,16). The SMILES string of the molecule is C#CC(C)(C)NS(=O)(=O)c1cc(C(=O)O)ccc1OC. The number of hydrogen-bond donors (Lipinski definition) is 2. The molecule has 1 aromatic carbocycles. The number of carbonyl (C=O) groups is 1. The van der Waals surface area contributed by atoms with Crippen LogP contribution in [0.4, 0.5) is 0 Å². The number of nitrogens with one attached hydrogen (secondary N) is 1. The lowest BCUT2D eigenvalue weighted by molar-refractivity contribution is 0.0696. The first kappa shape index (κ1) is 16.0. The van der Waals surface area contributed by atoms with Crippen molar-refractivity contribution in [3.05, 3.63) is 23.8 Å². The Hall–Kier alpha value is -2.04. The van der Waals surface area contributed by atoms with Gasteiger partial charge in [0.25, 0.3) is 0 Å². The molecule has 6 nitrogen and oxygen atoms in total. The molecule has 1 rings (SSSR count). The normalized spacial score (nSPS) is 11.7. The minimum atomic E-state index is -4.01. The Morgan fingerprint density at radius 2 is 2.05 bits per heavy atom. The highest BCUT2D eigenvalue weighted by Gasteiger charge is 2.27. The number of ether oxygens (including phenoxy) is 1. The number of sulfonamides is 1. The maximum absolute atomic E-state index is 12.3. The molecular formula is C13H15NO5S. The van der Waals surface area contributed by atoms with Gasteiger partial charge in [0.05, 0.1) is 18.2 Å². The van der Waals surface area contributed by atoms with Gasteiger partial charge < -0.3 is 9.84 Å². The van der Waals surface area contributed by atoms with Crippen molar-refractivity contribution < 1.29 is 23.1 Å². The van der Waals surface area contributed by atoms with E-state index in [0.717, 1.165) is 6.07 Å². The molecule has 7 heteroatoms. The first-order chi connectivity index (χ1) is 9.13. The number of carboxylic acids is 1. The number of hydrogen-bond acceptors (Lipinski definition) is 4. The monoisotopic (exact) mass is 297 g/mol. The van der Waals surface area contributed by atoms with Crippen LogP contribution in [0, 0.1) is 12.3 Å². The van der Waals surface area contributed by atoms with E-state index in [4.69, 9.17) is 16.3 Å². The van der Waals surface area contributed by atoms with E-state index < -0.39 is 21.5 Å². The summed E-state index contributed by atoms with van der Waals surface area (Å²) in [6, 6.07) is 3.56. The van der Waals surface area contributed by atoms with E-state index in [1.165, 1.54) is 33.1 Å². The lowest BCUT2D eigenvalue weighted by Crippen LogP contribution is -2.42. The second-order valence-electron chi connectivity index (χ2n) is 4.55. The third-order valence-electron chi connectivity index (χ3n) is 2.45. The number of aromatic carboxylic acids is 1. The van der Waals surface area contributed by atoms with Crippen LogP contribution in [-0.2, 0) is 10.0 Å². The second-order valence-corrected chi connectivity index (χ2v) is 6.20. The molecule has 20 heavy (non-hydrogen) atoms. The van der Waals surface area contributed by atoms with Crippen LogP contribution in [0.3, 0.4) is 0 Å². The lowest BCUT2D eigenvalue weighted by atomic mass is 10.1. The van der Waals surface area contributed by atoms with E-state index in [9.17, 15) is 13.2 Å². The Bertz CT molecular complexity index is 670. The molecule has 108 valence electrons. The van der Waals surface area contributed by atoms with Crippen molar-refractivity contribution in [2.45, 2.75) is 24.3 Å². The summed E-state index contributed by atoms with van der Waals surface area (Å²) in [4.78, 5) is 10.7. The number of methoxy groups -OCH3 is 1. The molecule has 0 atom stereocenters. The van der Waals surface area contributed by atoms with Gasteiger partial charge in [-0.3, -0.25) is 0 Å². The van der Waals surface area contributed by atoms with Crippen molar-refractivity contribution in [3.8, 4) is 18.1 Å². The zero-order valence-corrected chi connectivity index (χ0v) is 12.1. The third kappa shape index (κ3) is 3.50. The molecule has 1 aromatic rings. The first-order valence-corrected chi connectivity index (χ1v) is 7.04. The van der Waals surface area contributed by atoms with E-state index in [-0.39, 0.29) is 16.2 Å². The van der Waals surface area contributed by atoms with E-state index in [2.05, 4.69) is 10.6 Å². The average molecular weight is 297 g/mol. The van der Waals surface area contributed by atoms with E-state index in [0.29, 0.717) is 0 Å². The topological polar surface area (TPSA) is 92.7 Å². The summed E-state index contributed by atoms with van der Waals surface area (Å²) < 4.78 is 31.8. The lowest BCUT2D eigenvalue weighted by Gasteiger charge is -2.20. The fraction of sp³-hybridized carbons (Fsp3) is 0.308. The fourth-order valence-electron chi connectivity index (χ4n) is 1.44. The first-order valence-electron chi connectivity index (χ1n) is 5.56. The highest BCUT2D eigenvalue weighted by Crippen LogP contribution is 2.26. The Morgan fingerprint density at radius 3 is 2.50 bits per heavy atom. The Kier molecular flexibility index (Phi) is 4.43. The highest BCUT2D eigenvalue weighted by atomic mass is 32.2. The van der Waals surface area contributed by atoms with Gasteiger partial charge in [-0.05, 0) is 32.0 Å². The Morgan fingerprint density at radius 1 is 1.45 bits per heavy atom. The van der Waals surface area contributed by atoms with Crippen LogP contribution in [0.15, 0.2) is 23.1 Å². The number of benzene rings is 1. The Labute approximate surface area is 117 Å². The zero-order chi connectivity index (χ0) is 15.6. The molecule has 0 spiro atoms.